The van der Waals surface area contributed by atoms with Gasteiger partial charge in [-0.25, -0.2) is 9.67 Å². The van der Waals surface area contributed by atoms with Gasteiger partial charge in [0.2, 0.25) is 5.95 Å². The zero-order valence-electron chi connectivity index (χ0n) is 12.2. The van der Waals surface area contributed by atoms with E-state index >= 15 is 0 Å². The Kier molecular flexibility index (Phi) is 3.95. The molecule has 25 heavy (non-hydrogen) atoms. The number of nitrogens with two attached hydrogens (primary N) is 1. The monoisotopic (exact) mass is 372 g/mol. The first-order valence-corrected chi connectivity index (χ1v) is 7.03. The Labute approximate surface area is 142 Å². The van der Waals surface area contributed by atoms with Crippen molar-refractivity contribution in [2.75, 3.05) is 5.73 Å². The van der Waals surface area contributed by atoms with Gasteiger partial charge in [-0.2, -0.15) is 23.3 Å². The van der Waals surface area contributed by atoms with E-state index in [0.717, 1.165) is 6.07 Å². The first-order valence-electron chi connectivity index (χ1n) is 6.66. The molecule has 3 rings (SSSR count). The summed E-state index contributed by atoms with van der Waals surface area (Å²) in [4.78, 5) is 17.4. The van der Waals surface area contributed by atoms with Crippen LogP contribution in [0.4, 0.5) is 24.8 Å². The summed E-state index contributed by atoms with van der Waals surface area (Å²) in [6, 6.07) is 2.73. The molecule has 2 N–H and O–H groups in total. The van der Waals surface area contributed by atoms with Crippen LogP contribution in [-0.4, -0.2) is 24.7 Å². The summed E-state index contributed by atoms with van der Waals surface area (Å²) >= 11 is 5.91. The predicted octanol–water partition coefficient (Wildman–Crippen LogP) is 3.04. The molecule has 0 atom stereocenters. The Morgan fingerprint density at radius 2 is 2.04 bits per heavy atom. The lowest BCUT2D eigenvalue weighted by Crippen LogP contribution is -2.11. The van der Waals surface area contributed by atoms with Crippen molar-refractivity contribution < 1.29 is 18.1 Å². The van der Waals surface area contributed by atoms with Gasteiger partial charge in [0.05, 0.1) is 23.1 Å². The number of nitrogens with zero attached hydrogens (tertiary/aromatic N) is 5. The van der Waals surface area contributed by atoms with Crippen LogP contribution in [0, 0.1) is 10.1 Å². The van der Waals surface area contributed by atoms with Gasteiger partial charge in [-0.15, -0.1) is 0 Å². The van der Waals surface area contributed by atoms with Gasteiger partial charge in [0, 0.05) is 6.07 Å². The van der Waals surface area contributed by atoms with Crippen molar-refractivity contribution in [3.05, 3.63) is 50.8 Å². The summed E-state index contributed by atoms with van der Waals surface area (Å²) in [5, 5.41) is 15.2. The third-order valence-electron chi connectivity index (χ3n) is 3.36. The lowest BCUT2D eigenvalue weighted by Gasteiger charge is -2.10. The molecule has 0 aliphatic carbocycles. The Hall–Kier alpha value is -2.95. The zero-order valence-corrected chi connectivity index (χ0v) is 12.9. The molecule has 0 aliphatic rings. The number of hydrogen-bond acceptors (Lipinski definition) is 6. The first kappa shape index (κ1) is 16.9. The Morgan fingerprint density at radius 3 is 2.68 bits per heavy atom. The number of nitro groups is 1. The molecule has 130 valence electrons. The maximum absolute atomic E-state index is 13.0. The van der Waals surface area contributed by atoms with Crippen molar-refractivity contribution in [1.29, 1.82) is 0 Å². The third-order valence-corrected chi connectivity index (χ3v) is 3.65. The maximum atomic E-state index is 13.0. The van der Waals surface area contributed by atoms with Crippen LogP contribution >= 0.6 is 11.6 Å². The fourth-order valence-electron chi connectivity index (χ4n) is 2.29. The van der Waals surface area contributed by atoms with Gasteiger partial charge < -0.3 is 5.73 Å². The van der Waals surface area contributed by atoms with Crippen molar-refractivity contribution in [2.45, 2.75) is 12.7 Å². The molecule has 8 nitrogen and oxygen atoms in total. The van der Waals surface area contributed by atoms with E-state index in [1.165, 1.54) is 16.9 Å². The van der Waals surface area contributed by atoms with Crippen molar-refractivity contribution in [3.63, 3.8) is 0 Å². The molecule has 0 aliphatic heterocycles. The number of rotatable bonds is 3. The quantitative estimate of drug-likeness (QED) is 0.429. The standard InChI is InChI=1S/C13H8ClF3N6O2/c14-10-7-4-19-22(11(7)21-12(18)20-10)5-6-1-2-9(23(24)25)8(3-6)13(15,16)17/h1-4H,5H2,(H2,18,20,21). The SMILES string of the molecule is Nc1nc(Cl)c2cnn(Cc3ccc([N+](=O)[O-])c(C(F)(F)F)c3)c2n1. The Balaban J connectivity index is 2.06. The van der Waals surface area contributed by atoms with Crippen LogP contribution in [0.3, 0.4) is 0 Å². The molecule has 0 spiro atoms. The molecule has 0 fully saturated rings. The van der Waals surface area contributed by atoms with Gasteiger partial charge in [0.25, 0.3) is 5.69 Å². The number of fused-ring (bicyclic) bond motifs is 1. The Bertz CT molecular complexity index is 988. The van der Waals surface area contributed by atoms with Crippen LogP contribution in [0.5, 0.6) is 0 Å². The van der Waals surface area contributed by atoms with E-state index < -0.39 is 22.4 Å². The fraction of sp³-hybridized carbons (Fsp3) is 0.154. The van der Waals surface area contributed by atoms with E-state index in [0.29, 0.717) is 11.5 Å². The fourth-order valence-corrected chi connectivity index (χ4v) is 2.51. The van der Waals surface area contributed by atoms with Gasteiger partial charge in [0.1, 0.15) is 10.7 Å². The summed E-state index contributed by atoms with van der Waals surface area (Å²) in [5.74, 6) is -0.112. The molecule has 0 amide bonds. The lowest BCUT2D eigenvalue weighted by molar-refractivity contribution is -0.388. The van der Waals surface area contributed by atoms with Gasteiger partial charge in [-0.05, 0) is 11.6 Å². The highest BCUT2D eigenvalue weighted by Gasteiger charge is 2.38. The van der Waals surface area contributed by atoms with Crippen molar-refractivity contribution >= 4 is 34.3 Å². The average Bonchev–Trinajstić information content (AvgIpc) is 2.89. The first-order chi connectivity index (χ1) is 11.7. The number of benzene rings is 1. The molecule has 0 radical (unpaired) electrons. The van der Waals surface area contributed by atoms with Crippen molar-refractivity contribution in [2.24, 2.45) is 0 Å². The van der Waals surface area contributed by atoms with Gasteiger partial charge in [0.15, 0.2) is 5.65 Å². The molecule has 12 heteroatoms. The average molecular weight is 373 g/mol. The van der Waals surface area contributed by atoms with Crippen LogP contribution in [0.15, 0.2) is 24.4 Å². The van der Waals surface area contributed by atoms with Crippen molar-refractivity contribution in [3.8, 4) is 0 Å². The highest BCUT2D eigenvalue weighted by atomic mass is 35.5. The van der Waals surface area contributed by atoms with E-state index in [-0.39, 0.29) is 28.9 Å². The topological polar surface area (TPSA) is 113 Å². The second-order valence-corrected chi connectivity index (χ2v) is 5.38. The molecule has 0 unspecified atom stereocenters. The highest BCUT2D eigenvalue weighted by molar-refractivity contribution is 6.34. The number of aromatic nitrogens is 4. The summed E-state index contributed by atoms with van der Waals surface area (Å²) in [6.07, 6.45) is -3.51. The van der Waals surface area contributed by atoms with Crippen LogP contribution in [-0.2, 0) is 12.7 Å². The van der Waals surface area contributed by atoms with Gasteiger partial charge >= 0.3 is 6.18 Å². The van der Waals surface area contributed by atoms with E-state index in [1.807, 2.05) is 0 Å². The molecule has 0 saturated heterocycles. The normalized spacial score (nSPS) is 11.8. The van der Waals surface area contributed by atoms with Gasteiger partial charge in [-0.3, -0.25) is 10.1 Å². The third kappa shape index (κ3) is 3.18. The molecular formula is C13H8ClF3N6O2. The number of nitrogen functional groups attached to an aromatic ring is 1. The molecule has 2 aromatic heterocycles. The minimum absolute atomic E-state index is 0.0634. The van der Waals surface area contributed by atoms with Crippen LogP contribution in [0.1, 0.15) is 11.1 Å². The van der Waals surface area contributed by atoms with Gasteiger partial charge in [-0.1, -0.05) is 17.7 Å². The lowest BCUT2D eigenvalue weighted by atomic mass is 10.1. The molecule has 2 heterocycles. The van der Waals surface area contributed by atoms with Crippen LogP contribution in [0.25, 0.3) is 11.0 Å². The van der Waals surface area contributed by atoms with E-state index in [4.69, 9.17) is 17.3 Å². The number of alkyl halides is 3. The summed E-state index contributed by atoms with van der Waals surface area (Å²) in [7, 11) is 0. The minimum Gasteiger partial charge on any atom is -0.368 e. The van der Waals surface area contributed by atoms with Crippen LogP contribution < -0.4 is 5.73 Å². The van der Waals surface area contributed by atoms with Crippen LogP contribution in [0.2, 0.25) is 5.15 Å². The molecule has 1 aromatic carbocycles. The highest BCUT2D eigenvalue weighted by Crippen LogP contribution is 2.36. The second kappa shape index (κ2) is 5.84. The zero-order chi connectivity index (χ0) is 18.4. The Morgan fingerprint density at radius 1 is 1.32 bits per heavy atom. The summed E-state index contributed by atoms with van der Waals surface area (Å²) in [6.45, 7) is -0.114. The largest absolute Gasteiger partial charge is 0.423 e. The number of anilines is 1. The number of nitro benzene ring substituents is 1. The molecule has 0 bridgehead atoms. The molecule has 0 saturated carbocycles. The summed E-state index contributed by atoms with van der Waals surface area (Å²) in [5.41, 5.74) is 3.55. The van der Waals surface area contributed by atoms with E-state index in [2.05, 4.69) is 15.1 Å². The van der Waals surface area contributed by atoms with E-state index in [1.54, 1.807) is 0 Å². The van der Waals surface area contributed by atoms with E-state index in [9.17, 15) is 23.3 Å². The number of hydrogen-bond donors (Lipinski definition) is 1. The maximum Gasteiger partial charge on any atom is 0.423 e. The summed E-state index contributed by atoms with van der Waals surface area (Å²) < 4.78 is 40.4. The smallest absolute Gasteiger partial charge is 0.368 e. The van der Waals surface area contributed by atoms with Crippen molar-refractivity contribution in [1.82, 2.24) is 19.7 Å². The predicted molar refractivity (Wildman–Crippen MR) is 81.9 cm³/mol. The second-order valence-electron chi connectivity index (χ2n) is 5.02. The number of halogens is 4. The molecule has 3 aromatic rings. The molecular weight excluding hydrogens is 365 g/mol. The minimum atomic E-state index is -4.86.